The van der Waals surface area contributed by atoms with E-state index in [1.807, 2.05) is 6.07 Å². The van der Waals surface area contributed by atoms with Gasteiger partial charge in [-0.15, -0.1) is 0 Å². The number of hydrogen-bond donors (Lipinski definition) is 1. The third-order valence-electron chi connectivity index (χ3n) is 1.57. The number of amides is 1. The maximum absolute atomic E-state index is 11.2. The number of carbonyl (C=O) groups excluding carboxylic acids is 1. The fraction of sp³-hybridized carbons (Fsp3) is 0.200. The number of benzene rings is 1. The zero-order valence-corrected chi connectivity index (χ0v) is 8.21. The van der Waals surface area contributed by atoms with E-state index < -0.39 is 0 Å². The molecule has 0 aromatic heterocycles. The second-order valence-electron chi connectivity index (χ2n) is 2.72. The van der Waals surface area contributed by atoms with E-state index in [1.165, 1.54) is 0 Å². The van der Waals surface area contributed by atoms with Crippen LogP contribution in [0, 0.1) is 11.3 Å². The first-order valence-electron chi connectivity index (χ1n) is 4.15. The minimum atomic E-state index is -0.172. The van der Waals surface area contributed by atoms with Gasteiger partial charge in [0.15, 0.2) is 0 Å². The predicted octanol–water partition coefficient (Wildman–Crippen LogP) is 2.58. The summed E-state index contributed by atoms with van der Waals surface area (Å²) in [6, 6.07) is 8.79. The second-order valence-corrected chi connectivity index (χ2v) is 3.15. The van der Waals surface area contributed by atoms with Crippen LogP contribution in [0.15, 0.2) is 24.3 Å². The standard InChI is InChI=1S/C10H9ClN2O/c11-8-3-1-4-9(7-8)13-10(14)5-2-6-12/h1,3-4,7H,2,5H2,(H,13,14). The maximum Gasteiger partial charge on any atom is 0.225 e. The van der Waals surface area contributed by atoms with Gasteiger partial charge in [0.25, 0.3) is 0 Å². The SMILES string of the molecule is N#CCCC(=O)Nc1cccc(Cl)c1. The molecule has 0 radical (unpaired) electrons. The van der Waals surface area contributed by atoms with Gasteiger partial charge < -0.3 is 5.32 Å². The van der Waals surface area contributed by atoms with Crippen LogP contribution < -0.4 is 5.32 Å². The highest BCUT2D eigenvalue weighted by molar-refractivity contribution is 6.30. The van der Waals surface area contributed by atoms with Gasteiger partial charge in [0.1, 0.15) is 0 Å². The van der Waals surface area contributed by atoms with Crippen molar-refractivity contribution in [1.82, 2.24) is 0 Å². The molecule has 0 spiro atoms. The molecule has 1 rings (SSSR count). The number of nitrogens with zero attached hydrogens (tertiary/aromatic N) is 1. The van der Waals surface area contributed by atoms with Gasteiger partial charge in [0.05, 0.1) is 6.07 Å². The third-order valence-corrected chi connectivity index (χ3v) is 1.81. The molecule has 0 heterocycles. The van der Waals surface area contributed by atoms with E-state index in [0.29, 0.717) is 10.7 Å². The molecule has 0 aliphatic rings. The van der Waals surface area contributed by atoms with Crippen LogP contribution >= 0.6 is 11.6 Å². The minimum Gasteiger partial charge on any atom is -0.326 e. The van der Waals surface area contributed by atoms with Crippen LogP contribution in [0.5, 0.6) is 0 Å². The third kappa shape index (κ3) is 3.46. The molecule has 0 bridgehead atoms. The monoisotopic (exact) mass is 208 g/mol. The summed E-state index contributed by atoms with van der Waals surface area (Å²) in [6.45, 7) is 0. The smallest absolute Gasteiger partial charge is 0.225 e. The van der Waals surface area contributed by atoms with Crippen LogP contribution in [0.4, 0.5) is 5.69 Å². The van der Waals surface area contributed by atoms with E-state index in [9.17, 15) is 4.79 Å². The largest absolute Gasteiger partial charge is 0.326 e. The van der Waals surface area contributed by atoms with E-state index in [1.54, 1.807) is 24.3 Å². The lowest BCUT2D eigenvalue weighted by molar-refractivity contribution is -0.116. The van der Waals surface area contributed by atoms with Gasteiger partial charge in [-0.2, -0.15) is 5.26 Å². The van der Waals surface area contributed by atoms with Crippen LogP contribution in [0.1, 0.15) is 12.8 Å². The second kappa shape index (κ2) is 5.25. The summed E-state index contributed by atoms with van der Waals surface area (Å²) >= 11 is 5.73. The fourth-order valence-corrected chi connectivity index (χ4v) is 1.15. The Morgan fingerprint density at radius 2 is 2.36 bits per heavy atom. The van der Waals surface area contributed by atoms with Gasteiger partial charge >= 0.3 is 0 Å². The number of hydrogen-bond acceptors (Lipinski definition) is 2. The first kappa shape index (κ1) is 10.6. The summed E-state index contributed by atoms with van der Waals surface area (Å²) in [5.41, 5.74) is 0.653. The Bertz CT molecular complexity index is 371. The average molecular weight is 209 g/mol. The summed E-state index contributed by atoms with van der Waals surface area (Å²) in [6.07, 6.45) is 0.440. The highest BCUT2D eigenvalue weighted by atomic mass is 35.5. The maximum atomic E-state index is 11.2. The minimum absolute atomic E-state index is 0.172. The molecule has 0 aliphatic heterocycles. The topological polar surface area (TPSA) is 52.9 Å². The van der Waals surface area contributed by atoms with Gasteiger partial charge in [-0.25, -0.2) is 0 Å². The van der Waals surface area contributed by atoms with Crippen molar-refractivity contribution in [3.8, 4) is 6.07 Å². The van der Waals surface area contributed by atoms with Gasteiger partial charge in [-0.3, -0.25) is 4.79 Å². The summed E-state index contributed by atoms with van der Waals surface area (Å²) in [5.74, 6) is -0.172. The molecule has 4 heteroatoms. The summed E-state index contributed by atoms with van der Waals surface area (Å²) in [7, 11) is 0. The van der Waals surface area contributed by atoms with E-state index >= 15 is 0 Å². The van der Waals surface area contributed by atoms with E-state index in [-0.39, 0.29) is 18.7 Å². The van der Waals surface area contributed by atoms with Crippen molar-refractivity contribution in [2.45, 2.75) is 12.8 Å². The molecule has 14 heavy (non-hydrogen) atoms. The van der Waals surface area contributed by atoms with Crippen molar-refractivity contribution in [3.63, 3.8) is 0 Å². The van der Waals surface area contributed by atoms with Crippen LogP contribution in [-0.2, 0) is 4.79 Å². The molecular formula is C10H9ClN2O. The molecule has 3 nitrogen and oxygen atoms in total. The molecule has 1 aromatic rings. The van der Waals surface area contributed by atoms with Crippen LogP contribution in [0.2, 0.25) is 5.02 Å². The Morgan fingerprint density at radius 3 is 3.00 bits per heavy atom. The van der Waals surface area contributed by atoms with Crippen molar-refractivity contribution in [2.75, 3.05) is 5.32 Å². The van der Waals surface area contributed by atoms with E-state index in [0.717, 1.165) is 0 Å². The first-order chi connectivity index (χ1) is 6.72. The van der Waals surface area contributed by atoms with Crippen LogP contribution in [0.3, 0.4) is 0 Å². The summed E-state index contributed by atoms with van der Waals surface area (Å²) in [5, 5.41) is 11.5. The fourth-order valence-electron chi connectivity index (χ4n) is 0.959. The Kier molecular flexibility index (Phi) is 3.96. The molecular weight excluding hydrogens is 200 g/mol. The molecule has 1 aromatic carbocycles. The number of anilines is 1. The van der Waals surface area contributed by atoms with Crippen molar-refractivity contribution < 1.29 is 4.79 Å². The van der Waals surface area contributed by atoms with Gasteiger partial charge in [0, 0.05) is 23.6 Å². The zero-order chi connectivity index (χ0) is 10.4. The number of nitrogens with one attached hydrogen (secondary N) is 1. The van der Waals surface area contributed by atoms with Crippen LogP contribution in [0.25, 0.3) is 0 Å². The normalized spacial score (nSPS) is 9.14. The summed E-state index contributed by atoms with van der Waals surface area (Å²) < 4.78 is 0. The number of rotatable bonds is 3. The molecule has 72 valence electrons. The Hall–Kier alpha value is -1.53. The van der Waals surface area contributed by atoms with Gasteiger partial charge in [-0.1, -0.05) is 17.7 Å². The average Bonchev–Trinajstić information content (AvgIpc) is 2.15. The molecule has 0 saturated heterocycles. The van der Waals surface area contributed by atoms with Crippen molar-refractivity contribution in [3.05, 3.63) is 29.3 Å². The molecule has 1 N–H and O–H groups in total. The number of halogens is 1. The van der Waals surface area contributed by atoms with E-state index in [2.05, 4.69) is 5.32 Å². The van der Waals surface area contributed by atoms with Crippen LogP contribution in [-0.4, -0.2) is 5.91 Å². The molecule has 1 amide bonds. The van der Waals surface area contributed by atoms with E-state index in [4.69, 9.17) is 16.9 Å². The lowest BCUT2D eigenvalue weighted by atomic mass is 10.3. The highest BCUT2D eigenvalue weighted by Crippen LogP contribution is 2.14. The molecule has 0 aliphatic carbocycles. The molecule has 0 fully saturated rings. The predicted molar refractivity (Wildman–Crippen MR) is 54.9 cm³/mol. The highest BCUT2D eigenvalue weighted by Gasteiger charge is 2.01. The zero-order valence-electron chi connectivity index (χ0n) is 7.46. The summed E-state index contributed by atoms with van der Waals surface area (Å²) in [4.78, 5) is 11.2. The number of nitriles is 1. The lowest BCUT2D eigenvalue weighted by Crippen LogP contribution is -2.10. The Morgan fingerprint density at radius 1 is 1.57 bits per heavy atom. The Balaban J connectivity index is 2.53. The van der Waals surface area contributed by atoms with Gasteiger partial charge in [0.2, 0.25) is 5.91 Å². The van der Waals surface area contributed by atoms with Crippen molar-refractivity contribution in [2.24, 2.45) is 0 Å². The molecule has 0 atom stereocenters. The molecule has 0 saturated carbocycles. The first-order valence-corrected chi connectivity index (χ1v) is 4.52. The van der Waals surface area contributed by atoms with Crippen molar-refractivity contribution in [1.29, 1.82) is 5.26 Å². The number of carbonyl (C=O) groups is 1. The molecule has 0 unspecified atom stereocenters. The Labute approximate surface area is 87.3 Å². The van der Waals surface area contributed by atoms with Gasteiger partial charge in [-0.05, 0) is 18.2 Å². The van der Waals surface area contributed by atoms with Crippen molar-refractivity contribution >= 4 is 23.2 Å². The quantitative estimate of drug-likeness (QED) is 0.830. The lowest BCUT2D eigenvalue weighted by Gasteiger charge is -2.03.